The van der Waals surface area contributed by atoms with Crippen LogP contribution >= 0.6 is 0 Å². The second kappa shape index (κ2) is 4.46. The van der Waals surface area contributed by atoms with Crippen LogP contribution in [0.3, 0.4) is 0 Å². The zero-order chi connectivity index (χ0) is 11.5. The SMILES string of the molecule is CCCNS(=O)(=O)NCC1(C(=O)O)CC1. The van der Waals surface area contributed by atoms with E-state index in [0.29, 0.717) is 25.8 Å². The van der Waals surface area contributed by atoms with E-state index in [-0.39, 0.29) is 6.54 Å². The first-order chi connectivity index (χ1) is 6.92. The van der Waals surface area contributed by atoms with Gasteiger partial charge in [0.05, 0.1) is 5.41 Å². The summed E-state index contributed by atoms with van der Waals surface area (Å²) >= 11 is 0. The van der Waals surface area contributed by atoms with Crippen molar-refractivity contribution in [3.8, 4) is 0 Å². The highest BCUT2D eigenvalue weighted by atomic mass is 32.2. The van der Waals surface area contributed by atoms with Crippen molar-refractivity contribution in [2.45, 2.75) is 26.2 Å². The first-order valence-electron chi connectivity index (χ1n) is 4.89. The van der Waals surface area contributed by atoms with Crippen molar-refractivity contribution in [1.82, 2.24) is 9.44 Å². The molecule has 1 rings (SSSR count). The highest BCUT2D eigenvalue weighted by Gasteiger charge is 2.50. The third kappa shape index (κ3) is 3.44. The molecule has 0 aromatic carbocycles. The van der Waals surface area contributed by atoms with Gasteiger partial charge in [-0.1, -0.05) is 6.92 Å². The third-order valence-corrected chi connectivity index (χ3v) is 3.56. The number of aliphatic carboxylic acids is 1. The lowest BCUT2D eigenvalue weighted by atomic mass is 10.1. The van der Waals surface area contributed by atoms with Crippen LogP contribution in [-0.4, -0.2) is 32.6 Å². The zero-order valence-electron chi connectivity index (χ0n) is 8.62. The van der Waals surface area contributed by atoms with Gasteiger partial charge >= 0.3 is 5.97 Å². The summed E-state index contributed by atoms with van der Waals surface area (Å²) in [5, 5.41) is 8.82. The molecule has 6 nitrogen and oxygen atoms in total. The Labute approximate surface area is 89.2 Å². The van der Waals surface area contributed by atoms with Gasteiger partial charge < -0.3 is 5.11 Å². The van der Waals surface area contributed by atoms with E-state index in [4.69, 9.17) is 5.11 Å². The Morgan fingerprint density at radius 3 is 2.40 bits per heavy atom. The van der Waals surface area contributed by atoms with Crippen molar-refractivity contribution in [1.29, 1.82) is 0 Å². The maximum absolute atomic E-state index is 11.3. The molecule has 0 aromatic heterocycles. The number of rotatable bonds is 7. The van der Waals surface area contributed by atoms with Gasteiger partial charge in [0.2, 0.25) is 0 Å². The van der Waals surface area contributed by atoms with Crippen molar-refractivity contribution >= 4 is 16.2 Å². The Balaban J connectivity index is 2.40. The van der Waals surface area contributed by atoms with Crippen LogP contribution in [0.25, 0.3) is 0 Å². The Hall–Kier alpha value is -0.660. The minimum Gasteiger partial charge on any atom is -0.481 e. The number of carboxylic acid groups (broad SMARTS) is 1. The predicted octanol–water partition coefficient (Wildman–Crippen LogP) is -0.315. The van der Waals surface area contributed by atoms with Crippen LogP contribution in [0.2, 0.25) is 0 Å². The average Bonchev–Trinajstić information content (AvgIpc) is 2.93. The largest absolute Gasteiger partial charge is 0.481 e. The summed E-state index contributed by atoms with van der Waals surface area (Å²) < 4.78 is 27.1. The van der Waals surface area contributed by atoms with E-state index >= 15 is 0 Å². The highest BCUT2D eigenvalue weighted by Crippen LogP contribution is 2.45. The molecule has 1 aliphatic carbocycles. The molecule has 0 spiro atoms. The summed E-state index contributed by atoms with van der Waals surface area (Å²) in [6.45, 7) is 2.18. The second-order valence-electron chi connectivity index (χ2n) is 3.80. The minimum atomic E-state index is -3.53. The smallest absolute Gasteiger partial charge is 0.310 e. The molecule has 0 aliphatic heterocycles. The molecule has 0 atom stereocenters. The van der Waals surface area contributed by atoms with Gasteiger partial charge in [-0.25, -0.2) is 9.44 Å². The first-order valence-corrected chi connectivity index (χ1v) is 6.38. The Bertz CT molecular complexity index is 335. The second-order valence-corrected chi connectivity index (χ2v) is 5.39. The first kappa shape index (κ1) is 12.4. The lowest BCUT2D eigenvalue weighted by Crippen LogP contribution is -2.41. The zero-order valence-corrected chi connectivity index (χ0v) is 9.43. The summed E-state index contributed by atoms with van der Waals surface area (Å²) in [5.41, 5.74) is -0.860. The molecule has 1 aliphatic rings. The summed E-state index contributed by atoms with van der Waals surface area (Å²) in [6, 6.07) is 0. The van der Waals surface area contributed by atoms with Gasteiger partial charge in [-0.2, -0.15) is 8.42 Å². The van der Waals surface area contributed by atoms with Crippen LogP contribution in [0.15, 0.2) is 0 Å². The molecule has 7 heteroatoms. The summed E-state index contributed by atoms with van der Waals surface area (Å²) in [4.78, 5) is 10.8. The third-order valence-electron chi connectivity index (χ3n) is 2.45. The number of hydrogen-bond acceptors (Lipinski definition) is 3. The summed E-state index contributed by atoms with van der Waals surface area (Å²) in [6.07, 6.45) is 1.78. The molecule has 15 heavy (non-hydrogen) atoms. The number of nitrogens with one attached hydrogen (secondary N) is 2. The van der Waals surface area contributed by atoms with E-state index in [9.17, 15) is 13.2 Å². The molecule has 0 heterocycles. The number of hydrogen-bond donors (Lipinski definition) is 3. The van der Waals surface area contributed by atoms with Gasteiger partial charge in [-0.15, -0.1) is 0 Å². The van der Waals surface area contributed by atoms with Crippen molar-refractivity contribution in [3.63, 3.8) is 0 Å². The lowest BCUT2D eigenvalue weighted by Gasteiger charge is -2.11. The Kier molecular flexibility index (Phi) is 3.69. The summed E-state index contributed by atoms with van der Waals surface area (Å²) in [5.74, 6) is -0.930. The molecular weight excluding hydrogens is 220 g/mol. The fraction of sp³-hybridized carbons (Fsp3) is 0.875. The quantitative estimate of drug-likeness (QED) is 0.564. The van der Waals surface area contributed by atoms with E-state index in [1.165, 1.54) is 0 Å². The molecule has 0 aromatic rings. The van der Waals surface area contributed by atoms with Crippen LogP contribution in [0.4, 0.5) is 0 Å². The minimum absolute atomic E-state index is 0.0264. The normalized spacial score (nSPS) is 18.7. The van der Waals surface area contributed by atoms with E-state index in [2.05, 4.69) is 9.44 Å². The summed E-state index contributed by atoms with van der Waals surface area (Å²) in [7, 11) is -3.53. The van der Waals surface area contributed by atoms with Gasteiger partial charge in [0.25, 0.3) is 10.2 Å². The molecule has 0 bridgehead atoms. The number of carboxylic acids is 1. The van der Waals surface area contributed by atoms with Gasteiger partial charge in [0, 0.05) is 13.1 Å². The van der Waals surface area contributed by atoms with Crippen LogP contribution in [-0.2, 0) is 15.0 Å². The number of carbonyl (C=O) groups is 1. The van der Waals surface area contributed by atoms with Crippen LogP contribution in [0.5, 0.6) is 0 Å². The van der Waals surface area contributed by atoms with Gasteiger partial charge in [0.15, 0.2) is 0 Å². The maximum atomic E-state index is 11.3. The molecule has 88 valence electrons. The predicted molar refractivity (Wildman–Crippen MR) is 54.5 cm³/mol. The standard InChI is InChI=1S/C8H16N2O4S/c1-2-5-9-15(13,14)10-6-8(3-4-8)7(11)12/h9-10H,2-6H2,1H3,(H,11,12). The maximum Gasteiger partial charge on any atom is 0.310 e. The van der Waals surface area contributed by atoms with E-state index in [1.54, 1.807) is 0 Å². The molecular formula is C8H16N2O4S. The lowest BCUT2D eigenvalue weighted by molar-refractivity contribution is -0.143. The van der Waals surface area contributed by atoms with Crippen molar-refractivity contribution in [2.24, 2.45) is 5.41 Å². The van der Waals surface area contributed by atoms with E-state index in [1.807, 2.05) is 6.92 Å². The molecule has 0 saturated heterocycles. The molecule has 0 radical (unpaired) electrons. The van der Waals surface area contributed by atoms with Gasteiger partial charge in [0.1, 0.15) is 0 Å². The molecule has 1 saturated carbocycles. The molecule has 1 fully saturated rings. The molecule has 3 N–H and O–H groups in total. The Morgan fingerprint density at radius 2 is 2.00 bits per heavy atom. The van der Waals surface area contributed by atoms with Crippen LogP contribution < -0.4 is 9.44 Å². The average molecular weight is 236 g/mol. The monoisotopic (exact) mass is 236 g/mol. The van der Waals surface area contributed by atoms with Crippen molar-refractivity contribution in [3.05, 3.63) is 0 Å². The fourth-order valence-electron chi connectivity index (χ4n) is 1.14. The Morgan fingerprint density at radius 1 is 1.40 bits per heavy atom. The van der Waals surface area contributed by atoms with Gasteiger partial charge in [-0.05, 0) is 19.3 Å². The molecule has 0 amide bonds. The van der Waals surface area contributed by atoms with Crippen LogP contribution in [0.1, 0.15) is 26.2 Å². The van der Waals surface area contributed by atoms with Gasteiger partial charge in [-0.3, -0.25) is 4.79 Å². The topological polar surface area (TPSA) is 95.5 Å². The van der Waals surface area contributed by atoms with E-state index < -0.39 is 21.6 Å². The van der Waals surface area contributed by atoms with E-state index in [0.717, 1.165) is 0 Å². The highest BCUT2D eigenvalue weighted by molar-refractivity contribution is 7.87. The molecule has 0 unspecified atom stereocenters. The fourth-order valence-corrected chi connectivity index (χ4v) is 2.18. The van der Waals surface area contributed by atoms with Crippen molar-refractivity contribution < 1.29 is 18.3 Å². The van der Waals surface area contributed by atoms with Crippen LogP contribution in [0, 0.1) is 5.41 Å². The van der Waals surface area contributed by atoms with Crippen molar-refractivity contribution in [2.75, 3.05) is 13.1 Å².